The number of carbonyl (C=O) groups is 2. The van der Waals surface area contributed by atoms with E-state index in [-0.39, 0.29) is 17.2 Å². The summed E-state index contributed by atoms with van der Waals surface area (Å²) in [5.74, 6) is -1.71. The topological polar surface area (TPSA) is 83.5 Å². The van der Waals surface area contributed by atoms with Crippen LogP contribution < -0.4 is 5.32 Å². The van der Waals surface area contributed by atoms with Crippen LogP contribution in [-0.2, 0) is 15.6 Å². The zero-order valence-electron chi connectivity index (χ0n) is 11.0. The maximum absolute atomic E-state index is 12.1. The van der Waals surface area contributed by atoms with E-state index in [9.17, 15) is 13.8 Å². The van der Waals surface area contributed by atoms with Gasteiger partial charge in [0.25, 0.3) is 0 Å². The molecule has 108 valence electrons. The average Bonchev–Trinajstić information content (AvgIpc) is 2.48. The van der Waals surface area contributed by atoms with Gasteiger partial charge >= 0.3 is 5.97 Å². The van der Waals surface area contributed by atoms with E-state index in [1.54, 1.807) is 30.3 Å². The Hall–Kier alpha value is -2.47. The summed E-state index contributed by atoms with van der Waals surface area (Å²) in [6.45, 7) is 0. The Kier molecular flexibility index (Phi) is 4.84. The molecule has 0 spiro atoms. The molecule has 2 aromatic rings. The highest BCUT2D eigenvalue weighted by Gasteiger charge is 2.12. The molecule has 0 saturated heterocycles. The molecule has 0 fully saturated rings. The third-order valence-electron chi connectivity index (χ3n) is 2.66. The highest BCUT2D eigenvalue weighted by Crippen LogP contribution is 2.11. The lowest BCUT2D eigenvalue weighted by molar-refractivity contribution is -0.113. The quantitative estimate of drug-likeness (QED) is 0.886. The van der Waals surface area contributed by atoms with Crippen molar-refractivity contribution in [2.45, 2.75) is 4.90 Å². The summed E-state index contributed by atoms with van der Waals surface area (Å²) in [5, 5.41) is 11.5. The summed E-state index contributed by atoms with van der Waals surface area (Å²) in [5.41, 5.74) is 0.670. The molecular formula is C15H13NO4S. The molecule has 0 heterocycles. The minimum Gasteiger partial charge on any atom is -0.478 e. The Morgan fingerprint density at radius 2 is 1.76 bits per heavy atom. The number of rotatable bonds is 5. The van der Waals surface area contributed by atoms with Crippen molar-refractivity contribution in [3.05, 3.63) is 60.2 Å². The van der Waals surface area contributed by atoms with Crippen molar-refractivity contribution >= 4 is 28.4 Å². The Morgan fingerprint density at radius 1 is 1.05 bits per heavy atom. The number of aromatic carboxylic acids is 1. The monoisotopic (exact) mass is 303 g/mol. The number of para-hydroxylation sites is 1. The third-order valence-corrected chi connectivity index (χ3v) is 3.97. The second-order valence-electron chi connectivity index (χ2n) is 4.24. The molecule has 6 heteroatoms. The molecule has 0 aromatic heterocycles. The summed E-state index contributed by atoms with van der Waals surface area (Å²) in [4.78, 5) is 23.0. The number of hydrogen-bond acceptors (Lipinski definition) is 3. The van der Waals surface area contributed by atoms with Crippen LogP contribution in [0.1, 0.15) is 10.4 Å². The summed E-state index contributed by atoms with van der Waals surface area (Å²) < 4.78 is 12.1. The first-order valence-electron chi connectivity index (χ1n) is 6.13. The number of anilines is 1. The summed E-state index contributed by atoms with van der Waals surface area (Å²) in [7, 11) is -1.59. The molecule has 1 atom stereocenters. The second-order valence-corrected chi connectivity index (χ2v) is 5.69. The van der Waals surface area contributed by atoms with Gasteiger partial charge in [-0.25, -0.2) is 4.79 Å². The van der Waals surface area contributed by atoms with Gasteiger partial charge in [-0.2, -0.15) is 0 Å². The lowest BCUT2D eigenvalue weighted by Crippen LogP contribution is -2.19. The molecule has 0 aliphatic carbocycles. The van der Waals surface area contributed by atoms with Gasteiger partial charge in [-0.15, -0.1) is 0 Å². The molecule has 0 radical (unpaired) electrons. The van der Waals surface area contributed by atoms with Gasteiger partial charge in [0.1, 0.15) is 5.75 Å². The lowest BCUT2D eigenvalue weighted by atomic mass is 10.2. The number of hydrogen-bond donors (Lipinski definition) is 2. The van der Waals surface area contributed by atoms with Gasteiger partial charge in [0.15, 0.2) is 0 Å². The van der Waals surface area contributed by atoms with E-state index < -0.39 is 16.8 Å². The molecule has 1 amide bonds. The fraction of sp³-hybridized carbons (Fsp3) is 0.0667. The zero-order valence-corrected chi connectivity index (χ0v) is 11.8. The number of carboxylic acid groups (broad SMARTS) is 1. The van der Waals surface area contributed by atoms with E-state index in [1.165, 1.54) is 18.2 Å². The molecule has 0 saturated carbocycles. The van der Waals surface area contributed by atoms with Crippen LogP contribution in [0, 0.1) is 0 Å². The average molecular weight is 303 g/mol. The van der Waals surface area contributed by atoms with Gasteiger partial charge in [0.05, 0.1) is 16.4 Å². The number of nitrogens with one attached hydrogen (secondary N) is 1. The van der Waals surface area contributed by atoms with Crippen LogP contribution in [0.3, 0.4) is 0 Å². The van der Waals surface area contributed by atoms with Crippen molar-refractivity contribution in [2.24, 2.45) is 0 Å². The van der Waals surface area contributed by atoms with E-state index in [4.69, 9.17) is 5.11 Å². The molecule has 1 unspecified atom stereocenters. The molecule has 2 aromatic carbocycles. The Balaban J connectivity index is 2.02. The van der Waals surface area contributed by atoms with E-state index in [0.717, 1.165) is 0 Å². The highest BCUT2D eigenvalue weighted by molar-refractivity contribution is 7.85. The van der Waals surface area contributed by atoms with E-state index >= 15 is 0 Å². The maximum atomic E-state index is 12.1. The first-order chi connectivity index (χ1) is 10.1. The molecule has 2 rings (SSSR count). The van der Waals surface area contributed by atoms with Crippen LogP contribution in [-0.4, -0.2) is 26.9 Å². The molecule has 0 aliphatic heterocycles. The van der Waals surface area contributed by atoms with Crippen LogP contribution in [0.25, 0.3) is 0 Å². The number of benzene rings is 2. The molecule has 2 N–H and O–H groups in total. The van der Waals surface area contributed by atoms with Crippen molar-refractivity contribution < 1.29 is 18.9 Å². The first-order valence-corrected chi connectivity index (χ1v) is 7.45. The summed E-state index contributed by atoms with van der Waals surface area (Å²) in [6.07, 6.45) is 0. The van der Waals surface area contributed by atoms with Crippen LogP contribution in [0.2, 0.25) is 0 Å². The van der Waals surface area contributed by atoms with Gasteiger partial charge in [-0.05, 0) is 30.3 Å². The predicted molar refractivity (Wildman–Crippen MR) is 79.7 cm³/mol. The Labute approximate surface area is 124 Å². The minimum atomic E-state index is -1.59. The van der Waals surface area contributed by atoms with E-state index in [2.05, 4.69) is 5.32 Å². The van der Waals surface area contributed by atoms with Gasteiger partial charge in [0.2, 0.25) is 5.91 Å². The van der Waals surface area contributed by atoms with Crippen molar-refractivity contribution in [1.82, 2.24) is 0 Å². The Morgan fingerprint density at radius 3 is 2.43 bits per heavy atom. The molecule has 5 nitrogen and oxygen atoms in total. The zero-order chi connectivity index (χ0) is 15.2. The van der Waals surface area contributed by atoms with Crippen LogP contribution >= 0.6 is 0 Å². The van der Waals surface area contributed by atoms with Crippen LogP contribution in [0.4, 0.5) is 5.69 Å². The number of carboxylic acids is 1. The predicted octanol–water partition coefficient (Wildman–Crippen LogP) is 2.13. The van der Waals surface area contributed by atoms with Crippen molar-refractivity contribution in [2.75, 3.05) is 11.1 Å². The van der Waals surface area contributed by atoms with Gasteiger partial charge in [-0.1, -0.05) is 24.3 Å². The van der Waals surface area contributed by atoms with E-state index in [1.807, 2.05) is 6.07 Å². The Bertz CT molecular complexity index is 685. The molecular weight excluding hydrogens is 290 g/mol. The fourth-order valence-corrected chi connectivity index (χ4v) is 2.66. The lowest BCUT2D eigenvalue weighted by Gasteiger charge is -2.05. The minimum absolute atomic E-state index is 0.0457. The normalized spacial score (nSPS) is 11.6. The van der Waals surface area contributed by atoms with Crippen molar-refractivity contribution in [1.29, 1.82) is 0 Å². The number of carbonyl (C=O) groups excluding carboxylic acids is 1. The largest absolute Gasteiger partial charge is 0.478 e. The second kappa shape index (κ2) is 6.81. The van der Waals surface area contributed by atoms with Gasteiger partial charge in [0, 0.05) is 10.6 Å². The first kappa shape index (κ1) is 14.9. The highest BCUT2D eigenvalue weighted by atomic mass is 32.2. The SMILES string of the molecule is O=C(CS(=O)c1cccc(C(=O)O)c1)Nc1ccccc1. The fourth-order valence-electron chi connectivity index (χ4n) is 1.69. The summed E-state index contributed by atoms with van der Waals surface area (Å²) >= 11 is 0. The maximum Gasteiger partial charge on any atom is 0.335 e. The van der Waals surface area contributed by atoms with Gasteiger partial charge < -0.3 is 10.4 Å². The van der Waals surface area contributed by atoms with Gasteiger partial charge in [-0.3, -0.25) is 9.00 Å². The molecule has 0 bridgehead atoms. The molecule has 21 heavy (non-hydrogen) atoms. The molecule has 0 aliphatic rings. The standard InChI is InChI=1S/C15H13NO4S/c17-14(16-12-6-2-1-3-7-12)10-21(20)13-8-4-5-11(9-13)15(18)19/h1-9H,10H2,(H,16,17)(H,18,19). The number of amides is 1. The van der Waals surface area contributed by atoms with Crippen molar-refractivity contribution in [3.8, 4) is 0 Å². The smallest absolute Gasteiger partial charge is 0.335 e. The van der Waals surface area contributed by atoms with Crippen molar-refractivity contribution in [3.63, 3.8) is 0 Å². The summed E-state index contributed by atoms with van der Waals surface area (Å²) in [6, 6.07) is 14.6. The van der Waals surface area contributed by atoms with E-state index in [0.29, 0.717) is 10.6 Å². The van der Waals surface area contributed by atoms with Crippen LogP contribution in [0.5, 0.6) is 0 Å². The third kappa shape index (κ3) is 4.25. The van der Waals surface area contributed by atoms with Crippen LogP contribution in [0.15, 0.2) is 59.5 Å².